The molecule has 1 aromatic rings. The van der Waals surface area contributed by atoms with Crippen molar-refractivity contribution < 1.29 is 9.47 Å². The average molecular weight is 312 g/mol. The van der Waals surface area contributed by atoms with Crippen molar-refractivity contribution in [1.29, 1.82) is 0 Å². The topological polar surface area (TPSA) is 21.7 Å². The molecule has 1 aliphatic carbocycles. The van der Waals surface area contributed by atoms with E-state index in [0.717, 1.165) is 37.4 Å². The number of aryl methyl sites for hydroxylation is 1. The molecule has 0 saturated heterocycles. The summed E-state index contributed by atoms with van der Waals surface area (Å²) in [7, 11) is 3.39. The highest BCUT2D eigenvalue weighted by Gasteiger charge is 2.25. The third kappa shape index (κ3) is 3.83. The van der Waals surface area contributed by atoms with E-state index in [9.17, 15) is 0 Å². The lowest BCUT2D eigenvalue weighted by Crippen LogP contribution is -2.41. The summed E-state index contributed by atoms with van der Waals surface area (Å²) < 4.78 is 10.8. The van der Waals surface area contributed by atoms with Gasteiger partial charge in [0.25, 0.3) is 0 Å². The third-order valence-corrected chi connectivity index (χ3v) is 4.48. The van der Waals surface area contributed by atoms with Crippen molar-refractivity contribution >= 4 is 11.6 Å². The van der Waals surface area contributed by atoms with Gasteiger partial charge < -0.3 is 9.47 Å². The van der Waals surface area contributed by atoms with Crippen LogP contribution in [-0.2, 0) is 12.8 Å². The SMILES string of the molecule is CCCN(CCCl)C1CCc2cc(OC)c(OC)cc2C1. The van der Waals surface area contributed by atoms with Gasteiger partial charge in [0, 0.05) is 18.5 Å². The average Bonchev–Trinajstić information content (AvgIpc) is 2.52. The molecule has 1 atom stereocenters. The number of halogens is 1. The van der Waals surface area contributed by atoms with Crippen LogP contribution < -0.4 is 9.47 Å². The fourth-order valence-electron chi connectivity index (χ4n) is 3.25. The van der Waals surface area contributed by atoms with Gasteiger partial charge in [-0.15, -0.1) is 11.6 Å². The Labute approximate surface area is 133 Å². The van der Waals surface area contributed by atoms with Crippen molar-refractivity contribution in [1.82, 2.24) is 4.90 Å². The Kier molecular flexibility index (Phi) is 6.19. The minimum atomic E-state index is 0.592. The van der Waals surface area contributed by atoms with Crippen LogP contribution >= 0.6 is 11.6 Å². The highest BCUT2D eigenvalue weighted by Crippen LogP contribution is 2.35. The Hall–Kier alpha value is -0.930. The van der Waals surface area contributed by atoms with E-state index in [0.29, 0.717) is 11.9 Å². The number of benzene rings is 1. The van der Waals surface area contributed by atoms with Crippen molar-refractivity contribution in [3.05, 3.63) is 23.3 Å². The second-order valence-electron chi connectivity index (χ2n) is 5.60. The van der Waals surface area contributed by atoms with Crippen LogP contribution in [-0.4, -0.2) is 44.1 Å². The quantitative estimate of drug-likeness (QED) is 0.719. The Morgan fingerprint density at radius 1 is 1.14 bits per heavy atom. The zero-order valence-corrected chi connectivity index (χ0v) is 14.1. The molecule has 0 aromatic heterocycles. The number of hydrogen-bond acceptors (Lipinski definition) is 3. The first kappa shape index (κ1) is 16.4. The zero-order valence-electron chi connectivity index (χ0n) is 13.3. The Balaban J connectivity index is 2.18. The van der Waals surface area contributed by atoms with Gasteiger partial charge in [-0.2, -0.15) is 0 Å². The standard InChI is InChI=1S/C17H26ClNO2/c1-4-8-19(9-7-18)15-6-5-13-11-16(20-2)17(21-3)12-14(13)10-15/h11-12,15H,4-10H2,1-3H3. The monoisotopic (exact) mass is 311 g/mol. The molecule has 4 heteroatoms. The van der Waals surface area contributed by atoms with Crippen LogP contribution in [0.1, 0.15) is 30.9 Å². The molecule has 0 bridgehead atoms. The molecule has 0 N–H and O–H groups in total. The molecule has 3 nitrogen and oxygen atoms in total. The van der Waals surface area contributed by atoms with Gasteiger partial charge in [0.2, 0.25) is 0 Å². The molecular formula is C17H26ClNO2. The van der Waals surface area contributed by atoms with Crippen molar-refractivity contribution in [2.45, 2.75) is 38.6 Å². The molecule has 0 amide bonds. The van der Waals surface area contributed by atoms with Crippen molar-refractivity contribution in [2.75, 3.05) is 33.2 Å². The first-order valence-electron chi connectivity index (χ1n) is 7.77. The number of rotatable bonds is 7. The molecule has 1 unspecified atom stereocenters. The van der Waals surface area contributed by atoms with Gasteiger partial charge in [0.15, 0.2) is 11.5 Å². The maximum Gasteiger partial charge on any atom is 0.161 e. The van der Waals surface area contributed by atoms with Crippen LogP contribution in [0, 0.1) is 0 Å². The lowest BCUT2D eigenvalue weighted by atomic mass is 9.87. The molecule has 0 fully saturated rings. The summed E-state index contributed by atoms with van der Waals surface area (Å²) >= 11 is 5.96. The van der Waals surface area contributed by atoms with Crippen LogP contribution in [0.5, 0.6) is 11.5 Å². The summed E-state index contributed by atoms with van der Waals surface area (Å²) in [5.74, 6) is 2.37. The summed E-state index contributed by atoms with van der Waals surface area (Å²) in [5, 5.41) is 0. The van der Waals surface area contributed by atoms with E-state index in [2.05, 4.69) is 24.0 Å². The van der Waals surface area contributed by atoms with Crippen LogP contribution in [0.3, 0.4) is 0 Å². The first-order valence-corrected chi connectivity index (χ1v) is 8.30. The fourth-order valence-corrected chi connectivity index (χ4v) is 3.47. The number of nitrogens with zero attached hydrogens (tertiary/aromatic N) is 1. The van der Waals surface area contributed by atoms with E-state index in [-0.39, 0.29) is 0 Å². The van der Waals surface area contributed by atoms with E-state index in [1.54, 1.807) is 14.2 Å². The van der Waals surface area contributed by atoms with Gasteiger partial charge in [-0.05, 0) is 55.5 Å². The maximum atomic E-state index is 5.96. The highest BCUT2D eigenvalue weighted by molar-refractivity contribution is 6.18. The number of hydrogen-bond donors (Lipinski definition) is 0. The molecule has 118 valence electrons. The highest BCUT2D eigenvalue weighted by atomic mass is 35.5. The smallest absolute Gasteiger partial charge is 0.161 e. The van der Waals surface area contributed by atoms with Crippen LogP contribution in [0.15, 0.2) is 12.1 Å². The molecule has 0 aliphatic heterocycles. The number of methoxy groups -OCH3 is 2. The van der Waals surface area contributed by atoms with E-state index in [1.807, 2.05) is 0 Å². The van der Waals surface area contributed by atoms with Gasteiger partial charge in [0.1, 0.15) is 0 Å². The number of fused-ring (bicyclic) bond motifs is 1. The minimum Gasteiger partial charge on any atom is -0.493 e. The fraction of sp³-hybridized carbons (Fsp3) is 0.647. The van der Waals surface area contributed by atoms with E-state index >= 15 is 0 Å². The van der Waals surface area contributed by atoms with E-state index in [4.69, 9.17) is 21.1 Å². The predicted molar refractivity (Wildman–Crippen MR) is 87.9 cm³/mol. The number of alkyl halides is 1. The van der Waals surface area contributed by atoms with Gasteiger partial charge >= 0.3 is 0 Å². The Morgan fingerprint density at radius 3 is 2.38 bits per heavy atom. The summed E-state index contributed by atoms with van der Waals surface area (Å²) in [6.45, 7) is 4.33. The van der Waals surface area contributed by atoms with Crippen molar-refractivity contribution in [3.8, 4) is 11.5 Å². The Bertz CT molecular complexity index is 458. The second-order valence-corrected chi connectivity index (χ2v) is 5.98. The summed E-state index contributed by atoms with van der Waals surface area (Å²) in [5.41, 5.74) is 2.78. The van der Waals surface area contributed by atoms with E-state index < -0.39 is 0 Å². The van der Waals surface area contributed by atoms with Crippen molar-refractivity contribution in [2.24, 2.45) is 0 Å². The van der Waals surface area contributed by atoms with Crippen LogP contribution in [0.2, 0.25) is 0 Å². The molecule has 21 heavy (non-hydrogen) atoms. The molecule has 1 aromatic carbocycles. The van der Waals surface area contributed by atoms with Gasteiger partial charge in [-0.25, -0.2) is 0 Å². The predicted octanol–water partition coefficient (Wildman–Crippen LogP) is 3.51. The molecule has 0 radical (unpaired) electrons. The second kappa shape index (κ2) is 7.90. The summed E-state index contributed by atoms with van der Waals surface area (Å²) in [4.78, 5) is 2.53. The zero-order chi connectivity index (χ0) is 15.2. The molecule has 2 rings (SSSR count). The van der Waals surface area contributed by atoms with Gasteiger partial charge in [0.05, 0.1) is 14.2 Å². The van der Waals surface area contributed by atoms with Crippen molar-refractivity contribution in [3.63, 3.8) is 0 Å². The van der Waals surface area contributed by atoms with Gasteiger partial charge in [-0.3, -0.25) is 4.90 Å². The molecule has 1 aliphatic rings. The summed E-state index contributed by atoms with van der Waals surface area (Å²) in [6.07, 6.45) is 4.54. The largest absolute Gasteiger partial charge is 0.493 e. The molecule has 0 spiro atoms. The van der Waals surface area contributed by atoms with Gasteiger partial charge in [-0.1, -0.05) is 6.92 Å². The lowest BCUT2D eigenvalue weighted by Gasteiger charge is -2.35. The first-order chi connectivity index (χ1) is 10.2. The van der Waals surface area contributed by atoms with E-state index in [1.165, 1.54) is 24.0 Å². The summed E-state index contributed by atoms with van der Waals surface area (Å²) in [6, 6.07) is 4.87. The normalized spacial score (nSPS) is 17.7. The number of ether oxygens (including phenoxy) is 2. The molecular weight excluding hydrogens is 286 g/mol. The molecule has 0 heterocycles. The Morgan fingerprint density at radius 2 is 1.81 bits per heavy atom. The molecule has 0 saturated carbocycles. The minimum absolute atomic E-state index is 0.592. The van der Waals surface area contributed by atoms with Crippen LogP contribution in [0.25, 0.3) is 0 Å². The van der Waals surface area contributed by atoms with Crippen LogP contribution in [0.4, 0.5) is 0 Å². The third-order valence-electron chi connectivity index (χ3n) is 4.31. The maximum absolute atomic E-state index is 5.96. The lowest BCUT2D eigenvalue weighted by molar-refractivity contribution is 0.190.